The minimum atomic E-state index is -1.70. The standard InChI is InChI=1S/C36H64N4O13/c1-29(26-41)39-32(44)28-53-25-23-50-20-18-37-31(43)27-52-24-22-51-21-19-38-35(47)34(36(48)49)40-30(42)16-14-12-10-8-6-4-2-3-5-7-9-11-13-15-17-33(45)46/h26,29,34H,2-25,27-28H2,1H3,(H,37,43)(H,38,47)(H,39,44)(H,40,42)(H,45,46)(H,48,49)/t29-,34-/m1/s1. The molecule has 2 atom stereocenters. The molecule has 0 fully saturated rings. The Morgan fingerprint density at radius 3 is 1.43 bits per heavy atom. The number of nitrogens with one attached hydrogen (secondary N) is 4. The third kappa shape index (κ3) is 33.9. The van der Waals surface area contributed by atoms with Crippen LogP contribution in [0.1, 0.15) is 110 Å². The first kappa shape index (κ1) is 49.3. The van der Waals surface area contributed by atoms with Crippen LogP contribution in [0, 0.1) is 0 Å². The van der Waals surface area contributed by atoms with E-state index in [1.54, 1.807) is 6.92 Å². The number of carboxylic acids is 2. The summed E-state index contributed by atoms with van der Waals surface area (Å²) in [6.45, 7) is 2.38. The third-order valence-corrected chi connectivity index (χ3v) is 7.78. The van der Waals surface area contributed by atoms with Crippen LogP contribution in [0.4, 0.5) is 0 Å². The fourth-order valence-electron chi connectivity index (χ4n) is 4.92. The highest BCUT2D eigenvalue weighted by molar-refractivity contribution is 6.04. The van der Waals surface area contributed by atoms with Gasteiger partial charge in [0.05, 0.1) is 45.7 Å². The van der Waals surface area contributed by atoms with Crippen molar-refractivity contribution in [3.63, 3.8) is 0 Å². The van der Waals surface area contributed by atoms with Crippen molar-refractivity contribution in [2.45, 2.75) is 122 Å². The van der Waals surface area contributed by atoms with Gasteiger partial charge in [-0.1, -0.05) is 77.0 Å². The number of carbonyl (C=O) groups is 7. The number of hydrogen-bond donors (Lipinski definition) is 6. The summed E-state index contributed by atoms with van der Waals surface area (Å²) in [7, 11) is 0. The Balaban J connectivity index is 3.70. The van der Waals surface area contributed by atoms with Crippen molar-refractivity contribution >= 4 is 41.9 Å². The molecule has 0 bridgehead atoms. The van der Waals surface area contributed by atoms with Crippen LogP contribution in [0.25, 0.3) is 0 Å². The van der Waals surface area contributed by atoms with Crippen molar-refractivity contribution in [2.75, 3.05) is 65.9 Å². The van der Waals surface area contributed by atoms with Crippen LogP contribution < -0.4 is 21.3 Å². The first-order valence-electron chi connectivity index (χ1n) is 18.9. The second kappa shape index (κ2) is 35.4. The zero-order valence-corrected chi connectivity index (χ0v) is 31.5. The molecule has 17 nitrogen and oxygen atoms in total. The maximum Gasteiger partial charge on any atom is 0.336 e. The second-order valence-electron chi connectivity index (χ2n) is 12.6. The lowest BCUT2D eigenvalue weighted by Crippen LogP contribution is -2.51. The first-order valence-corrected chi connectivity index (χ1v) is 18.9. The second-order valence-corrected chi connectivity index (χ2v) is 12.6. The predicted molar refractivity (Wildman–Crippen MR) is 194 cm³/mol. The number of hydrogen-bond acceptors (Lipinski definition) is 11. The van der Waals surface area contributed by atoms with Crippen LogP contribution >= 0.6 is 0 Å². The van der Waals surface area contributed by atoms with Crippen LogP contribution in [0.5, 0.6) is 0 Å². The summed E-state index contributed by atoms with van der Waals surface area (Å²) in [6, 6.07) is -2.27. The maximum absolute atomic E-state index is 12.3. The highest BCUT2D eigenvalue weighted by atomic mass is 16.5. The average Bonchev–Trinajstić information content (AvgIpc) is 3.12. The summed E-state index contributed by atoms with van der Waals surface area (Å²) < 4.78 is 20.9. The van der Waals surface area contributed by atoms with E-state index in [2.05, 4.69) is 21.3 Å². The zero-order chi connectivity index (χ0) is 39.4. The number of aliphatic carboxylic acids is 2. The van der Waals surface area contributed by atoms with E-state index in [1.165, 1.54) is 38.5 Å². The Kier molecular flexibility index (Phi) is 32.9. The number of carbonyl (C=O) groups excluding carboxylic acids is 5. The van der Waals surface area contributed by atoms with E-state index in [4.69, 9.17) is 24.1 Å². The number of unbranched alkanes of at least 4 members (excludes halogenated alkanes) is 13. The molecular weight excluding hydrogens is 696 g/mol. The van der Waals surface area contributed by atoms with Gasteiger partial charge in [0.1, 0.15) is 19.5 Å². The molecule has 4 amide bonds. The van der Waals surface area contributed by atoms with E-state index in [9.17, 15) is 38.7 Å². The Morgan fingerprint density at radius 2 is 0.962 bits per heavy atom. The SMILES string of the molecule is C[C@H](C=O)NC(=O)COCCOCCNC(=O)COCCOCCNC(=O)[C@@H](NC(=O)CCCCCCCCCCCCCCCCC(=O)O)C(=O)O. The van der Waals surface area contributed by atoms with Gasteiger partial charge in [-0.05, 0) is 19.8 Å². The molecule has 0 unspecified atom stereocenters. The summed E-state index contributed by atoms with van der Waals surface area (Å²) in [5.74, 6) is -4.27. The molecule has 0 spiro atoms. The Labute approximate surface area is 313 Å². The summed E-state index contributed by atoms with van der Waals surface area (Å²) in [4.78, 5) is 80.3. The fraction of sp³-hybridized carbons (Fsp3) is 0.806. The highest BCUT2D eigenvalue weighted by Gasteiger charge is 2.27. The van der Waals surface area contributed by atoms with E-state index < -0.39 is 41.7 Å². The topological polar surface area (TPSA) is 245 Å². The zero-order valence-electron chi connectivity index (χ0n) is 31.5. The normalized spacial score (nSPS) is 12.0. The van der Waals surface area contributed by atoms with E-state index >= 15 is 0 Å². The molecule has 0 saturated heterocycles. The van der Waals surface area contributed by atoms with Gasteiger partial charge in [-0.25, -0.2) is 4.79 Å². The molecule has 0 radical (unpaired) electrons. The van der Waals surface area contributed by atoms with Gasteiger partial charge in [-0.3, -0.25) is 24.0 Å². The van der Waals surface area contributed by atoms with Crippen molar-refractivity contribution in [1.29, 1.82) is 0 Å². The molecule has 306 valence electrons. The molecule has 53 heavy (non-hydrogen) atoms. The van der Waals surface area contributed by atoms with Gasteiger partial charge < -0.3 is 55.2 Å². The van der Waals surface area contributed by atoms with Gasteiger partial charge in [-0.2, -0.15) is 0 Å². The number of amides is 4. The molecule has 0 aliphatic rings. The van der Waals surface area contributed by atoms with Gasteiger partial charge in [-0.15, -0.1) is 0 Å². The minimum absolute atomic E-state index is 0.0206. The van der Waals surface area contributed by atoms with Crippen LogP contribution in [-0.4, -0.2) is 130 Å². The summed E-state index contributed by atoms with van der Waals surface area (Å²) in [5.41, 5.74) is 0. The number of aldehydes is 1. The lowest BCUT2D eigenvalue weighted by atomic mass is 10.0. The smallest absolute Gasteiger partial charge is 0.336 e. The van der Waals surface area contributed by atoms with Crippen molar-refractivity contribution in [3.05, 3.63) is 0 Å². The number of rotatable bonds is 38. The summed E-state index contributed by atoms with van der Waals surface area (Å²) in [5, 5.41) is 27.8. The maximum atomic E-state index is 12.3. The molecular formula is C36H64N4O13. The first-order chi connectivity index (χ1) is 25.6. The molecule has 0 aromatic heterocycles. The molecule has 0 aromatic rings. The monoisotopic (exact) mass is 760 g/mol. The molecule has 0 aliphatic heterocycles. The van der Waals surface area contributed by atoms with Gasteiger partial charge in [0.25, 0.3) is 5.91 Å². The molecule has 0 aliphatic carbocycles. The Morgan fingerprint density at radius 1 is 0.528 bits per heavy atom. The lowest BCUT2D eigenvalue weighted by molar-refractivity contribution is -0.146. The van der Waals surface area contributed by atoms with Crippen LogP contribution in [0.2, 0.25) is 0 Å². The molecule has 0 rings (SSSR count). The van der Waals surface area contributed by atoms with Gasteiger partial charge in [0.2, 0.25) is 23.8 Å². The van der Waals surface area contributed by atoms with Crippen LogP contribution in [0.15, 0.2) is 0 Å². The van der Waals surface area contributed by atoms with E-state index in [0.717, 1.165) is 44.9 Å². The molecule has 6 N–H and O–H groups in total. The largest absolute Gasteiger partial charge is 0.481 e. The van der Waals surface area contributed by atoms with Crippen molar-refractivity contribution in [3.8, 4) is 0 Å². The predicted octanol–water partition coefficient (Wildman–Crippen LogP) is 1.88. The Hall–Kier alpha value is -3.67. The van der Waals surface area contributed by atoms with E-state index in [1.807, 2.05) is 0 Å². The quantitative estimate of drug-likeness (QED) is 0.0300. The van der Waals surface area contributed by atoms with Gasteiger partial charge >= 0.3 is 11.9 Å². The van der Waals surface area contributed by atoms with Crippen molar-refractivity contribution in [2.24, 2.45) is 0 Å². The Bertz CT molecular complexity index is 1030. The average molecular weight is 761 g/mol. The van der Waals surface area contributed by atoms with Crippen LogP contribution in [-0.2, 0) is 52.5 Å². The van der Waals surface area contributed by atoms with Crippen LogP contribution in [0.3, 0.4) is 0 Å². The summed E-state index contributed by atoms with van der Waals surface area (Å²) in [6.07, 6.45) is 15.7. The summed E-state index contributed by atoms with van der Waals surface area (Å²) >= 11 is 0. The van der Waals surface area contributed by atoms with E-state index in [-0.39, 0.29) is 84.7 Å². The minimum Gasteiger partial charge on any atom is -0.481 e. The fourth-order valence-corrected chi connectivity index (χ4v) is 4.92. The van der Waals surface area contributed by atoms with E-state index in [0.29, 0.717) is 12.7 Å². The van der Waals surface area contributed by atoms with Gasteiger partial charge in [0.15, 0.2) is 0 Å². The molecule has 17 heteroatoms. The van der Waals surface area contributed by atoms with Crippen molar-refractivity contribution in [1.82, 2.24) is 21.3 Å². The third-order valence-electron chi connectivity index (χ3n) is 7.78. The number of ether oxygens (including phenoxy) is 4. The molecule has 0 saturated carbocycles. The molecule has 0 aromatic carbocycles. The lowest BCUT2D eigenvalue weighted by Gasteiger charge is -2.15. The molecule has 0 heterocycles. The number of carboxylic acid groups (broad SMARTS) is 2. The van der Waals surface area contributed by atoms with Crippen molar-refractivity contribution < 1.29 is 62.7 Å². The van der Waals surface area contributed by atoms with Gasteiger partial charge in [0, 0.05) is 25.9 Å². The highest BCUT2D eigenvalue weighted by Crippen LogP contribution is 2.14.